The number of pyridine rings is 1. The van der Waals surface area contributed by atoms with Crippen molar-refractivity contribution < 1.29 is 19.1 Å². The molecule has 0 bridgehead atoms. The third kappa shape index (κ3) is 3.62. The average molecular weight is 375 g/mol. The molecule has 0 aliphatic rings. The lowest BCUT2D eigenvalue weighted by Gasteiger charge is -2.14. The van der Waals surface area contributed by atoms with Crippen LogP contribution in [0, 0.1) is 11.3 Å². The number of amides is 1. The number of nitriles is 1. The summed E-state index contributed by atoms with van der Waals surface area (Å²) in [5.41, 5.74) is 1.57. The van der Waals surface area contributed by atoms with Gasteiger partial charge in [-0.25, -0.2) is 4.98 Å². The summed E-state index contributed by atoms with van der Waals surface area (Å²) in [4.78, 5) is 28.2. The van der Waals surface area contributed by atoms with Gasteiger partial charge in [0.2, 0.25) is 0 Å². The third-order valence-corrected chi connectivity index (χ3v) is 4.22. The van der Waals surface area contributed by atoms with Gasteiger partial charge in [0.05, 0.1) is 14.2 Å². The van der Waals surface area contributed by atoms with E-state index in [-0.39, 0.29) is 17.9 Å². The molecule has 0 saturated heterocycles. The lowest BCUT2D eigenvalue weighted by Crippen LogP contribution is -2.31. The monoisotopic (exact) mass is 375 g/mol. The van der Waals surface area contributed by atoms with Crippen LogP contribution in [0.15, 0.2) is 48.5 Å². The first-order chi connectivity index (χ1) is 13.6. The fraction of sp³-hybridized carbons (Fsp3) is 0.143. The van der Waals surface area contributed by atoms with Gasteiger partial charge in [0, 0.05) is 10.9 Å². The summed E-state index contributed by atoms with van der Waals surface area (Å²) in [6.07, 6.45) is 0. The van der Waals surface area contributed by atoms with Crippen LogP contribution >= 0.6 is 0 Å². The van der Waals surface area contributed by atoms with Gasteiger partial charge in [-0.05, 0) is 29.1 Å². The molecule has 0 radical (unpaired) electrons. The number of hydrogen-bond donors (Lipinski definition) is 1. The highest BCUT2D eigenvalue weighted by atomic mass is 16.5. The Kier molecular flexibility index (Phi) is 5.51. The fourth-order valence-corrected chi connectivity index (χ4v) is 2.88. The van der Waals surface area contributed by atoms with Gasteiger partial charge in [-0.2, -0.15) is 5.26 Å². The van der Waals surface area contributed by atoms with E-state index in [1.807, 2.05) is 30.3 Å². The molecular formula is C21H17N3O4. The molecular weight excluding hydrogens is 358 g/mol. The van der Waals surface area contributed by atoms with Crippen molar-refractivity contribution in [2.75, 3.05) is 20.8 Å². The molecule has 0 saturated carbocycles. The highest BCUT2D eigenvalue weighted by Gasteiger charge is 2.20. The lowest BCUT2D eigenvalue weighted by molar-refractivity contribution is -0.139. The number of aromatic nitrogens is 1. The first kappa shape index (κ1) is 18.9. The van der Waals surface area contributed by atoms with Gasteiger partial charge in [-0.3, -0.25) is 9.59 Å². The zero-order chi connectivity index (χ0) is 20.1. The maximum Gasteiger partial charge on any atom is 0.325 e. The average Bonchev–Trinajstić information content (AvgIpc) is 2.75. The van der Waals surface area contributed by atoms with Crippen LogP contribution in [-0.2, 0) is 9.53 Å². The zero-order valence-electron chi connectivity index (χ0n) is 15.4. The number of methoxy groups -OCH3 is 2. The fourth-order valence-electron chi connectivity index (χ4n) is 2.88. The Morgan fingerprint density at radius 3 is 2.50 bits per heavy atom. The van der Waals surface area contributed by atoms with Crippen LogP contribution < -0.4 is 10.1 Å². The first-order valence-corrected chi connectivity index (χ1v) is 8.41. The molecule has 3 aromatic rings. The smallest absolute Gasteiger partial charge is 0.325 e. The lowest BCUT2D eigenvalue weighted by atomic mass is 9.95. The molecule has 7 heteroatoms. The molecule has 7 nitrogen and oxygen atoms in total. The van der Waals surface area contributed by atoms with E-state index in [1.54, 1.807) is 25.3 Å². The van der Waals surface area contributed by atoms with E-state index >= 15 is 0 Å². The van der Waals surface area contributed by atoms with Crippen LogP contribution in [0.4, 0.5) is 0 Å². The predicted octanol–water partition coefficient (Wildman–Crippen LogP) is 2.68. The van der Waals surface area contributed by atoms with Crippen molar-refractivity contribution in [3.63, 3.8) is 0 Å². The van der Waals surface area contributed by atoms with Crippen molar-refractivity contribution in [3.05, 3.63) is 59.9 Å². The molecule has 1 N–H and O–H groups in total. The van der Waals surface area contributed by atoms with E-state index in [4.69, 9.17) is 4.74 Å². The van der Waals surface area contributed by atoms with Gasteiger partial charge >= 0.3 is 5.97 Å². The Balaban J connectivity index is 2.24. The minimum absolute atomic E-state index is 0.0535. The second-order valence-corrected chi connectivity index (χ2v) is 5.83. The maximum absolute atomic E-state index is 12.6. The summed E-state index contributed by atoms with van der Waals surface area (Å²) in [5.74, 6) is -0.571. The molecule has 140 valence electrons. The first-order valence-electron chi connectivity index (χ1n) is 8.41. The highest BCUT2D eigenvalue weighted by Crippen LogP contribution is 2.34. The normalized spacial score (nSPS) is 10.2. The Morgan fingerprint density at radius 2 is 1.86 bits per heavy atom. The van der Waals surface area contributed by atoms with Crippen LogP contribution in [0.2, 0.25) is 0 Å². The van der Waals surface area contributed by atoms with Gasteiger partial charge in [0.15, 0.2) is 0 Å². The topological polar surface area (TPSA) is 101 Å². The summed E-state index contributed by atoms with van der Waals surface area (Å²) in [6.45, 7) is -0.295. The van der Waals surface area contributed by atoms with Crippen LogP contribution in [0.3, 0.4) is 0 Å². The molecule has 0 atom stereocenters. The van der Waals surface area contributed by atoms with Crippen molar-refractivity contribution in [1.29, 1.82) is 5.26 Å². The predicted molar refractivity (Wildman–Crippen MR) is 103 cm³/mol. The molecule has 3 rings (SSSR count). The Labute approximate surface area is 161 Å². The highest BCUT2D eigenvalue weighted by molar-refractivity contribution is 6.11. The minimum Gasteiger partial charge on any atom is -0.497 e. The molecule has 28 heavy (non-hydrogen) atoms. The second kappa shape index (κ2) is 8.18. The standard InChI is InChI=1S/C21H17N3O4/c1-27-14-8-9-15-16(10-14)19(13-6-4-3-5-7-13)17(11-22)24-20(15)21(26)23-12-18(25)28-2/h3-10H,12H2,1-2H3,(H,23,26). The molecule has 2 aromatic carbocycles. The van der Waals surface area contributed by atoms with Crippen molar-refractivity contribution in [2.45, 2.75) is 0 Å². The summed E-state index contributed by atoms with van der Waals surface area (Å²) in [7, 11) is 2.77. The van der Waals surface area contributed by atoms with E-state index in [2.05, 4.69) is 21.1 Å². The summed E-state index contributed by atoms with van der Waals surface area (Å²) >= 11 is 0. The van der Waals surface area contributed by atoms with Gasteiger partial charge < -0.3 is 14.8 Å². The van der Waals surface area contributed by atoms with Crippen molar-refractivity contribution >= 4 is 22.6 Å². The molecule has 0 fully saturated rings. The van der Waals surface area contributed by atoms with Gasteiger partial charge in [-0.15, -0.1) is 0 Å². The number of esters is 1. The minimum atomic E-state index is -0.583. The summed E-state index contributed by atoms with van der Waals surface area (Å²) in [5, 5.41) is 13.3. The Bertz CT molecular complexity index is 1090. The van der Waals surface area contributed by atoms with Crippen molar-refractivity contribution in [1.82, 2.24) is 10.3 Å². The van der Waals surface area contributed by atoms with Crippen LogP contribution in [0.5, 0.6) is 5.75 Å². The molecule has 0 spiro atoms. The molecule has 0 aliphatic carbocycles. The van der Waals surface area contributed by atoms with E-state index in [1.165, 1.54) is 7.11 Å². The second-order valence-electron chi connectivity index (χ2n) is 5.83. The Morgan fingerprint density at radius 1 is 1.11 bits per heavy atom. The van der Waals surface area contributed by atoms with Gasteiger partial charge in [0.1, 0.15) is 29.8 Å². The molecule has 1 amide bonds. The number of nitrogens with one attached hydrogen (secondary N) is 1. The number of ether oxygens (including phenoxy) is 2. The largest absolute Gasteiger partial charge is 0.497 e. The van der Waals surface area contributed by atoms with E-state index in [0.717, 1.165) is 5.56 Å². The third-order valence-electron chi connectivity index (χ3n) is 4.22. The Hall–Kier alpha value is -3.92. The van der Waals surface area contributed by atoms with E-state index < -0.39 is 11.9 Å². The van der Waals surface area contributed by atoms with Crippen LogP contribution in [0.1, 0.15) is 16.2 Å². The zero-order valence-corrected chi connectivity index (χ0v) is 15.4. The number of rotatable bonds is 5. The quantitative estimate of drug-likeness (QED) is 0.688. The van der Waals surface area contributed by atoms with E-state index in [9.17, 15) is 14.9 Å². The molecule has 1 heterocycles. The van der Waals surface area contributed by atoms with Crippen LogP contribution in [0.25, 0.3) is 21.9 Å². The summed E-state index contributed by atoms with van der Waals surface area (Å²) in [6, 6.07) is 16.6. The van der Waals surface area contributed by atoms with Crippen molar-refractivity contribution in [3.8, 4) is 22.9 Å². The number of carbonyl (C=O) groups excluding carboxylic acids is 2. The molecule has 0 unspecified atom stereocenters. The molecule has 1 aromatic heterocycles. The summed E-state index contributed by atoms with van der Waals surface area (Å²) < 4.78 is 9.85. The van der Waals surface area contributed by atoms with Gasteiger partial charge in [0.25, 0.3) is 5.91 Å². The SMILES string of the molecule is COC(=O)CNC(=O)c1nc(C#N)c(-c2ccccc2)c2cc(OC)ccc12. The van der Waals surface area contributed by atoms with Crippen LogP contribution in [-0.4, -0.2) is 37.6 Å². The van der Waals surface area contributed by atoms with E-state index in [0.29, 0.717) is 22.1 Å². The number of nitrogens with zero attached hydrogens (tertiary/aromatic N) is 2. The number of benzene rings is 2. The van der Waals surface area contributed by atoms with Crippen molar-refractivity contribution in [2.24, 2.45) is 0 Å². The molecule has 0 aliphatic heterocycles. The number of fused-ring (bicyclic) bond motifs is 1. The number of carbonyl (C=O) groups is 2. The number of hydrogen-bond acceptors (Lipinski definition) is 6. The van der Waals surface area contributed by atoms with Gasteiger partial charge in [-0.1, -0.05) is 30.3 Å². The maximum atomic E-state index is 12.6.